The highest BCUT2D eigenvalue weighted by molar-refractivity contribution is 7.89. The Morgan fingerprint density at radius 3 is 2.45 bits per heavy atom. The molecule has 0 saturated heterocycles. The van der Waals surface area contributed by atoms with Crippen molar-refractivity contribution in [1.82, 2.24) is 4.72 Å². The molecule has 1 aliphatic rings. The predicted octanol–water partition coefficient (Wildman–Crippen LogP) is 2.75. The summed E-state index contributed by atoms with van der Waals surface area (Å²) in [6.07, 6.45) is 2.33. The van der Waals surface area contributed by atoms with E-state index in [4.69, 9.17) is 0 Å². The van der Waals surface area contributed by atoms with Crippen molar-refractivity contribution in [3.63, 3.8) is 0 Å². The number of rotatable bonds is 5. The minimum Gasteiger partial charge on any atom is -0.382 e. The molecule has 5 heteroatoms. The molecule has 0 heterocycles. The summed E-state index contributed by atoms with van der Waals surface area (Å²) in [6, 6.07) is 5.69. The minimum atomic E-state index is -3.38. The zero-order valence-corrected chi connectivity index (χ0v) is 13.4. The standard InChI is InChI=1S/C15H24N2O2S/c1-10(2)12-7-13(8-12)17-15-9-14(6-5-11(15)3)20(18,19)16-4/h5-6,9-10,12-13,16-17H,7-8H2,1-4H3. The molecule has 0 atom stereocenters. The van der Waals surface area contributed by atoms with Crippen LogP contribution in [0.5, 0.6) is 0 Å². The Balaban J connectivity index is 2.11. The normalized spacial score (nSPS) is 22.6. The quantitative estimate of drug-likeness (QED) is 0.878. The van der Waals surface area contributed by atoms with Crippen LogP contribution in [0.1, 0.15) is 32.3 Å². The van der Waals surface area contributed by atoms with Crippen LogP contribution in [0.4, 0.5) is 5.69 Å². The molecular weight excluding hydrogens is 272 g/mol. The fraction of sp³-hybridized carbons (Fsp3) is 0.600. The van der Waals surface area contributed by atoms with E-state index < -0.39 is 10.0 Å². The number of anilines is 1. The first-order valence-electron chi connectivity index (χ1n) is 7.14. The summed E-state index contributed by atoms with van der Waals surface area (Å²) < 4.78 is 26.0. The fourth-order valence-corrected chi connectivity index (χ4v) is 3.34. The molecule has 0 aliphatic heterocycles. The lowest BCUT2D eigenvalue weighted by molar-refractivity contribution is 0.212. The Hall–Kier alpha value is -1.07. The van der Waals surface area contributed by atoms with Gasteiger partial charge in [0.2, 0.25) is 10.0 Å². The maximum atomic E-state index is 11.8. The first kappa shape index (κ1) is 15.3. The molecule has 0 radical (unpaired) electrons. The maximum Gasteiger partial charge on any atom is 0.240 e. The maximum absolute atomic E-state index is 11.8. The van der Waals surface area contributed by atoms with Gasteiger partial charge in [-0.15, -0.1) is 0 Å². The summed E-state index contributed by atoms with van der Waals surface area (Å²) in [5.41, 5.74) is 2.00. The molecular formula is C15H24N2O2S. The van der Waals surface area contributed by atoms with Crippen molar-refractivity contribution in [2.75, 3.05) is 12.4 Å². The monoisotopic (exact) mass is 296 g/mol. The highest BCUT2D eigenvalue weighted by atomic mass is 32.2. The molecule has 112 valence electrons. The number of nitrogens with one attached hydrogen (secondary N) is 2. The molecule has 0 bridgehead atoms. The molecule has 1 aromatic carbocycles. The number of aryl methyl sites for hydroxylation is 1. The molecule has 2 N–H and O–H groups in total. The van der Waals surface area contributed by atoms with Crippen LogP contribution < -0.4 is 10.0 Å². The van der Waals surface area contributed by atoms with E-state index in [9.17, 15) is 8.42 Å². The highest BCUT2D eigenvalue weighted by Crippen LogP contribution is 2.36. The predicted molar refractivity (Wildman–Crippen MR) is 82.4 cm³/mol. The summed E-state index contributed by atoms with van der Waals surface area (Å²) in [4.78, 5) is 0.313. The van der Waals surface area contributed by atoms with Crippen molar-refractivity contribution in [3.8, 4) is 0 Å². The zero-order chi connectivity index (χ0) is 14.9. The van der Waals surface area contributed by atoms with Crippen molar-refractivity contribution in [2.45, 2.75) is 44.6 Å². The molecule has 0 unspecified atom stereocenters. The van der Waals surface area contributed by atoms with Crippen LogP contribution in [0.15, 0.2) is 23.1 Å². The van der Waals surface area contributed by atoms with E-state index in [0.717, 1.165) is 23.1 Å². The summed E-state index contributed by atoms with van der Waals surface area (Å²) in [5, 5.41) is 3.48. The Morgan fingerprint density at radius 1 is 1.25 bits per heavy atom. The minimum absolute atomic E-state index is 0.313. The summed E-state index contributed by atoms with van der Waals surface area (Å²) in [6.45, 7) is 6.51. The van der Waals surface area contributed by atoms with E-state index in [1.54, 1.807) is 12.1 Å². The molecule has 0 aromatic heterocycles. The van der Waals surface area contributed by atoms with Crippen LogP contribution in [0.3, 0.4) is 0 Å². The van der Waals surface area contributed by atoms with Gasteiger partial charge >= 0.3 is 0 Å². The SMILES string of the molecule is CNS(=O)(=O)c1ccc(C)c(NC2CC(C(C)C)C2)c1. The third-order valence-corrected chi connectivity index (χ3v) is 5.68. The molecule has 4 nitrogen and oxygen atoms in total. The fourth-order valence-electron chi connectivity index (χ4n) is 2.59. The van der Waals surface area contributed by atoms with Crippen molar-refractivity contribution in [1.29, 1.82) is 0 Å². The van der Waals surface area contributed by atoms with Crippen LogP contribution in [0.25, 0.3) is 0 Å². The highest BCUT2D eigenvalue weighted by Gasteiger charge is 2.31. The van der Waals surface area contributed by atoms with Crippen molar-refractivity contribution < 1.29 is 8.42 Å². The van der Waals surface area contributed by atoms with Gasteiger partial charge in [0.15, 0.2) is 0 Å². The van der Waals surface area contributed by atoms with E-state index in [1.165, 1.54) is 19.9 Å². The van der Waals surface area contributed by atoms with Gasteiger partial charge in [0.05, 0.1) is 4.90 Å². The number of hydrogen-bond donors (Lipinski definition) is 2. The molecule has 0 amide bonds. The second-order valence-electron chi connectivity index (χ2n) is 6.00. The van der Waals surface area contributed by atoms with Gasteiger partial charge in [-0.3, -0.25) is 0 Å². The third-order valence-electron chi connectivity index (χ3n) is 4.27. The molecule has 1 fully saturated rings. The van der Waals surface area contributed by atoms with Crippen LogP contribution in [-0.4, -0.2) is 21.5 Å². The second-order valence-corrected chi connectivity index (χ2v) is 7.89. The molecule has 1 aromatic rings. The second kappa shape index (κ2) is 5.74. The van der Waals surface area contributed by atoms with E-state index in [1.807, 2.05) is 13.0 Å². The lowest BCUT2D eigenvalue weighted by Crippen LogP contribution is -2.38. The van der Waals surface area contributed by atoms with Gasteiger partial charge in [-0.2, -0.15) is 0 Å². The summed E-state index contributed by atoms with van der Waals surface area (Å²) in [5.74, 6) is 1.52. The van der Waals surface area contributed by atoms with E-state index >= 15 is 0 Å². The molecule has 20 heavy (non-hydrogen) atoms. The first-order chi connectivity index (χ1) is 9.33. The van der Waals surface area contributed by atoms with Crippen LogP contribution in [-0.2, 0) is 10.0 Å². The molecule has 0 spiro atoms. The van der Waals surface area contributed by atoms with Crippen LogP contribution in [0.2, 0.25) is 0 Å². The van der Waals surface area contributed by atoms with Crippen molar-refractivity contribution in [3.05, 3.63) is 23.8 Å². The number of sulfonamides is 1. The lowest BCUT2D eigenvalue weighted by atomic mass is 9.73. The molecule has 2 rings (SSSR count). The van der Waals surface area contributed by atoms with Gasteiger partial charge in [0.25, 0.3) is 0 Å². The lowest BCUT2D eigenvalue weighted by Gasteiger charge is -2.39. The van der Waals surface area contributed by atoms with Crippen molar-refractivity contribution in [2.24, 2.45) is 11.8 Å². The van der Waals surface area contributed by atoms with Crippen molar-refractivity contribution >= 4 is 15.7 Å². The first-order valence-corrected chi connectivity index (χ1v) is 8.62. The largest absolute Gasteiger partial charge is 0.382 e. The van der Waals surface area contributed by atoms with E-state index in [2.05, 4.69) is 23.9 Å². The smallest absolute Gasteiger partial charge is 0.240 e. The van der Waals surface area contributed by atoms with Gasteiger partial charge in [0.1, 0.15) is 0 Å². The summed E-state index contributed by atoms with van der Waals surface area (Å²) in [7, 11) is -1.94. The van der Waals surface area contributed by atoms with Gasteiger partial charge in [0, 0.05) is 11.7 Å². The Kier molecular flexibility index (Phi) is 4.39. The van der Waals surface area contributed by atoms with Crippen LogP contribution in [0, 0.1) is 18.8 Å². The third kappa shape index (κ3) is 3.15. The average Bonchev–Trinajstić information content (AvgIpc) is 2.34. The molecule has 1 aliphatic carbocycles. The van der Waals surface area contributed by atoms with Gasteiger partial charge in [-0.05, 0) is 56.3 Å². The molecule has 1 saturated carbocycles. The van der Waals surface area contributed by atoms with Gasteiger partial charge in [-0.1, -0.05) is 19.9 Å². The van der Waals surface area contributed by atoms with E-state index in [0.29, 0.717) is 10.9 Å². The zero-order valence-electron chi connectivity index (χ0n) is 12.6. The van der Waals surface area contributed by atoms with E-state index in [-0.39, 0.29) is 0 Å². The summed E-state index contributed by atoms with van der Waals surface area (Å²) >= 11 is 0. The van der Waals surface area contributed by atoms with Crippen LogP contribution >= 0.6 is 0 Å². The Bertz CT molecular complexity index is 576. The average molecular weight is 296 g/mol. The Labute approximate surface area is 122 Å². The number of hydrogen-bond acceptors (Lipinski definition) is 3. The topological polar surface area (TPSA) is 58.2 Å². The Morgan fingerprint density at radius 2 is 1.90 bits per heavy atom. The number of benzene rings is 1. The van der Waals surface area contributed by atoms with Gasteiger partial charge in [-0.25, -0.2) is 13.1 Å². The van der Waals surface area contributed by atoms with Gasteiger partial charge < -0.3 is 5.32 Å².